The van der Waals surface area contributed by atoms with Gasteiger partial charge in [-0.25, -0.2) is 13.6 Å². The van der Waals surface area contributed by atoms with Gasteiger partial charge < -0.3 is 14.8 Å². The lowest BCUT2D eigenvalue weighted by atomic mass is 10.2. The smallest absolute Gasteiger partial charge is 0.339 e. The van der Waals surface area contributed by atoms with Crippen LogP contribution >= 0.6 is 0 Å². The number of halogens is 2. The molecular weight excluding hydrogens is 256 g/mol. The first-order valence-electron chi connectivity index (χ1n) is 5.49. The van der Waals surface area contributed by atoms with Crippen molar-refractivity contribution in [1.82, 2.24) is 0 Å². The fraction of sp³-hybridized carbons (Fsp3) is 0.154. The van der Waals surface area contributed by atoms with Crippen LogP contribution in [0.4, 0.5) is 14.5 Å². The molecule has 1 heterocycles. The summed E-state index contributed by atoms with van der Waals surface area (Å²) < 4.78 is 31.5. The van der Waals surface area contributed by atoms with Crippen LogP contribution in [0.25, 0.3) is 0 Å². The van der Waals surface area contributed by atoms with E-state index in [1.165, 1.54) is 13.0 Å². The lowest BCUT2D eigenvalue weighted by Crippen LogP contribution is -2.01. The Balaban J connectivity index is 2.12. The number of carboxylic acid groups (broad SMARTS) is 1. The van der Waals surface area contributed by atoms with E-state index in [1.54, 1.807) is 0 Å². The van der Waals surface area contributed by atoms with Crippen molar-refractivity contribution in [3.63, 3.8) is 0 Å². The minimum atomic E-state index is -1.09. The third-order valence-corrected chi connectivity index (χ3v) is 2.58. The number of nitrogens with one attached hydrogen (secondary N) is 1. The number of hydrogen-bond acceptors (Lipinski definition) is 3. The zero-order valence-electron chi connectivity index (χ0n) is 10.0. The molecule has 4 nitrogen and oxygen atoms in total. The van der Waals surface area contributed by atoms with Gasteiger partial charge in [0, 0.05) is 0 Å². The Labute approximate surface area is 107 Å². The normalized spacial score (nSPS) is 10.5. The predicted molar refractivity (Wildman–Crippen MR) is 64.1 cm³/mol. The van der Waals surface area contributed by atoms with Gasteiger partial charge in [-0.1, -0.05) is 0 Å². The van der Waals surface area contributed by atoms with Crippen molar-refractivity contribution in [3.8, 4) is 0 Å². The zero-order valence-corrected chi connectivity index (χ0v) is 10.0. The number of furan rings is 1. The molecule has 1 aromatic heterocycles. The van der Waals surface area contributed by atoms with Crippen LogP contribution in [0, 0.1) is 18.6 Å². The van der Waals surface area contributed by atoms with Crippen molar-refractivity contribution in [3.05, 3.63) is 53.0 Å². The minimum absolute atomic E-state index is 0.00840. The molecule has 6 heteroatoms. The highest BCUT2D eigenvalue weighted by Crippen LogP contribution is 2.19. The molecule has 0 saturated carbocycles. The number of carboxylic acids is 1. The van der Waals surface area contributed by atoms with Gasteiger partial charge in [-0.15, -0.1) is 0 Å². The van der Waals surface area contributed by atoms with Crippen molar-refractivity contribution in [2.75, 3.05) is 5.32 Å². The first-order valence-corrected chi connectivity index (χ1v) is 5.49. The summed E-state index contributed by atoms with van der Waals surface area (Å²) in [6, 6.07) is 4.39. The first kappa shape index (κ1) is 13.1. The van der Waals surface area contributed by atoms with E-state index in [-0.39, 0.29) is 23.6 Å². The molecule has 2 N–H and O–H groups in total. The first-order chi connectivity index (χ1) is 8.97. The van der Waals surface area contributed by atoms with Gasteiger partial charge in [-0.2, -0.15) is 0 Å². The van der Waals surface area contributed by atoms with Crippen molar-refractivity contribution < 1.29 is 23.1 Å². The standard InChI is InChI=1S/C13H11F2NO3/c1-7-10(13(17)18)5-9(19-7)6-16-12-4-8(14)2-3-11(12)15/h2-5,16H,6H2,1H3,(H,17,18). The molecule has 0 aliphatic heterocycles. The van der Waals surface area contributed by atoms with Crippen LogP contribution in [0.2, 0.25) is 0 Å². The third kappa shape index (κ3) is 2.90. The topological polar surface area (TPSA) is 62.5 Å². The van der Waals surface area contributed by atoms with Crippen molar-refractivity contribution in [2.45, 2.75) is 13.5 Å². The SMILES string of the molecule is Cc1oc(CNc2cc(F)ccc2F)cc1C(=O)O. The third-order valence-electron chi connectivity index (χ3n) is 2.58. The van der Waals surface area contributed by atoms with Gasteiger partial charge in [0.2, 0.25) is 0 Å². The lowest BCUT2D eigenvalue weighted by molar-refractivity contribution is 0.0695. The summed E-state index contributed by atoms with van der Waals surface area (Å²) >= 11 is 0. The predicted octanol–water partition coefficient (Wildman–Crippen LogP) is 3.18. The molecule has 0 aliphatic rings. The molecule has 0 unspecified atom stereocenters. The number of aryl methyl sites for hydroxylation is 1. The van der Waals surface area contributed by atoms with Crippen LogP contribution in [-0.2, 0) is 6.54 Å². The highest BCUT2D eigenvalue weighted by Gasteiger charge is 2.13. The Morgan fingerprint density at radius 1 is 1.37 bits per heavy atom. The van der Waals surface area contributed by atoms with Crippen LogP contribution in [-0.4, -0.2) is 11.1 Å². The Morgan fingerprint density at radius 2 is 2.11 bits per heavy atom. The molecule has 0 aliphatic carbocycles. The van der Waals surface area contributed by atoms with E-state index in [2.05, 4.69) is 5.32 Å². The summed E-state index contributed by atoms with van der Waals surface area (Å²) in [5, 5.41) is 11.5. The molecule has 19 heavy (non-hydrogen) atoms. The van der Waals surface area contributed by atoms with Gasteiger partial charge in [0.25, 0.3) is 0 Å². The van der Waals surface area contributed by atoms with E-state index in [1.807, 2.05) is 0 Å². The van der Waals surface area contributed by atoms with Gasteiger partial charge in [-0.3, -0.25) is 0 Å². The maximum absolute atomic E-state index is 13.3. The van der Waals surface area contributed by atoms with Crippen LogP contribution < -0.4 is 5.32 Å². The highest BCUT2D eigenvalue weighted by atomic mass is 19.1. The molecule has 0 bridgehead atoms. The monoisotopic (exact) mass is 267 g/mol. The summed E-state index contributed by atoms with van der Waals surface area (Å²) in [4.78, 5) is 10.8. The van der Waals surface area contributed by atoms with E-state index in [9.17, 15) is 13.6 Å². The lowest BCUT2D eigenvalue weighted by Gasteiger charge is -2.05. The second-order valence-electron chi connectivity index (χ2n) is 3.97. The number of benzene rings is 1. The molecule has 0 radical (unpaired) electrons. The van der Waals surface area contributed by atoms with Crippen molar-refractivity contribution in [1.29, 1.82) is 0 Å². The van der Waals surface area contributed by atoms with Gasteiger partial charge in [0.15, 0.2) is 0 Å². The largest absolute Gasteiger partial charge is 0.478 e. The van der Waals surface area contributed by atoms with Crippen LogP contribution in [0.1, 0.15) is 21.9 Å². The molecule has 0 saturated heterocycles. The van der Waals surface area contributed by atoms with Gasteiger partial charge >= 0.3 is 5.97 Å². The quantitative estimate of drug-likeness (QED) is 0.893. The number of carbonyl (C=O) groups is 1. The van der Waals surface area contributed by atoms with Gasteiger partial charge in [0.05, 0.1) is 12.2 Å². The Bertz CT molecular complexity index is 622. The molecule has 100 valence electrons. The summed E-state index contributed by atoms with van der Waals surface area (Å²) in [6.07, 6.45) is 0. The Morgan fingerprint density at radius 3 is 2.74 bits per heavy atom. The average Bonchev–Trinajstić information content (AvgIpc) is 2.72. The summed E-state index contributed by atoms with van der Waals surface area (Å²) in [5.41, 5.74) is 0.0439. The van der Waals surface area contributed by atoms with Gasteiger partial charge in [-0.05, 0) is 31.2 Å². The second-order valence-corrected chi connectivity index (χ2v) is 3.97. The van der Waals surface area contributed by atoms with E-state index in [0.29, 0.717) is 5.76 Å². The molecular formula is C13H11F2NO3. The summed E-state index contributed by atoms with van der Waals surface area (Å²) in [6.45, 7) is 1.59. The maximum Gasteiger partial charge on any atom is 0.339 e. The molecule has 1 aromatic carbocycles. The highest BCUT2D eigenvalue weighted by molar-refractivity contribution is 5.88. The Hall–Kier alpha value is -2.37. The minimum Gasteiger partial charge on any atom is -0.478 e. The fourth-order valence-corrected chi connectivity index (χ4v) is 1.66. The number of hydrogen-bond donors (Lipinski definition) is 2. The van der Waals surface area contributed by atoms with E-state index in [4.69, 9.17) is 9.52 Å². The number of rotatable bonds is 4. The van der Waals surface area contributed by atoms with Crippen molar-refractivity contribution in [2.24, 2.45) is 0 Å². The zero-order chi connectivity index (χ0) is 14.0. The average molecular weight is 267 g/mol. The van der Waals surface area contributed by atoms with Crippen LogP contribution in [0.3, 0.4) is 0 Å². The molecule has 0 amide bonds. The summed E-state index contributed by atoms with van der Waals surface area (Å²) in [5.74, 6) is -1.65. The molecule has 0 atom stereocenters. The Kier molecular flexibility index (Phi) is 3.50. The molecule has 0 fully saturated rings. The van der Waals surface area contributed by atoms with E-state index >= 15 is 0 Å². The van der Waals surface area contributed by atoms with Crippen LogP contribution in [0.15, 0.2) is 28.7 Å². The van der Waals surface area contributed by atoms with Gasteiger partial charge in [0.1, 0.15) is 28.7 Å². The number of anilines is 1. The fourth-order valence-electron chi connectivity index (χ4n) is 1.66. The summed E-state index contributed by atoms with van der Waals surface area (Å²) in [7, 11) is 0. The number of aromatic carboxylic acids is 1. The maximum atomic E-state index is 13.3. The molecule has 2 rings (SSSR count). The molecule has 0 spiro atoms. The van der Waals surface area contributed by atoms with E-state index < -0.39 is 17.6 Å². The molecule has 2 aromatic rings. The van der Waals surface area contributed by atoms with Crippen molar-refractivity contribution >= 4 is 11.7 Å². The second kappa shape index (κ2) is 5.09. The van der Waals surface area contributed by atoms with E-state index in [0.717, 1.165) is 18.2 Å². The van der Waals surface area contributed by atoms with Crippen LogP contribution in [0.5, 0.6) is 0 Å².